The van der Waals surface area contributed by atoms with E-state index in [0.29, 0.717) is 28.2 Å². The topological polar surface area (TPSA) is 52.6 Å². The third-order valence-electron chi connectivity index (χ3n) is 6.36. The minimum atomic E-state index is -0.549. The number of carbonyl (C=O) groups is 2. The molecule has 32 heavy (non-hydrogen) atoms. The Morgan fingerprint density at radius 3 is 1.53 bits per heavy atom. The van der Waals surface area contributed by atoms with Gasteiger partial charge in [-0.15, -0.1) is 0 Å². The minimum Gasteiger partial charge on any atom is -0.497 e. The van der Waals surface area contributed by atoms with Crippen LogP contribution in [0.5, 0.6) is 11.5 Å². The average molecular weight is 431 g/mol. The standard InChI is InChI=1S/C28H30O4/c1-19(29)20-7-13-23(14-8-20)27(2,3)28(4,5)32-25-17-11-22(12-18-25)26(30)21-9-15-24(31-6)16-10-21/h7-18H,1-6H3. The SMILES string of the molecule is COc1ccc(C(=O)c2ccc(OC(C)(C)C(C)(C)c3ccc(C(C)=O)cc3)cc2)cc1. The van der Waals surface area contributed by atoms with Crippen molar-refractivity contribution in [1.82, 2.24) is 0 Å². The molecule has 0 N–H and O–H groups in total. The second-order valence-electron chi connectivity index (χ2n) is 8.95. The molecule has 0 spiro atoms. The Hall–Kier alpha value is -3.40. The van der Waals surface area contributed by atoms with Crippen LogP contribution in [0.3, 0.4) is 0 Å². The van der Waals surface area contributed by atoms with Crippen molar-refractivity contribution in [2.24, 2.45) is 0 Å². The molecule has 0 amide bonds. The number of ketones is 2. The summed E-state index contributed by atoms with van der Waals surface area (Å²) in [5.41, 5.74) is 2.10. The molecule has 0 fully saturated rings. The zero-order chi connectivity index (χ0) is 23.5. The maximum atomic E-state index is 12.8. The molecule has 0 aliphatic carbocycles. The second kappa shape index (κ2) is 8.99. The normalized spacial score (nSPS) is 11.7. The maximum Gasteiger partial charge on any atom is 0.193 e. The molecule has 166 valence electrons. The van der Waals surface area contributed by atoms with E-state index in [2.05, 4.69) is 13.8 Å². The summed E-state index contributed by atoms with van der Waals surface area (Å²) in [5, 5.41) is 0. The highest BCUT2D eigenvalue weighted by molar-refractivity contribution is 6.09. The van der Waals surface area contributed by atoms with E-state index >= 15 is 0 Å². The number of benzene rings is 3. The summed E-state index contributed by atoms with van der Waals surface area (Å²) < 4.78 is 11.5. The van der Waals surface area contributed by atoms with E-state index in [4.69, 9.17) is 9.47 Å². The molecule has 4 heteroatoms. The molecule has 0 aliphatic heterocycles. The lowest BCUT2D eigenvalue weighted by molar-refractivity contribution is 0.0357. The van der Waals surface area contributed by atoms with Crippen LogP contribution in [0.2, 0.25) is 0 Å². The first-order valence-electron chi connectivity index (χ1n) is 10.6. The molecule has 0 bridgehead atoms. The van der Waals surface area contributed by atoms with Gasteiger partial charge in [-0.3, -0.25) is 9.59 Å². The quantitative estimate of drug-likeness (QED) is 0.396. The van der Waals surface area contributed by atoms with Crippen molar-refractivity contribution < 1.29 is 19.1 Å². The summed E-state index contributed by atoms with van der Waals surface area (Å²) in [6.45, 7) is 9.90. The fourth-order valence-corrected chi connectivity index (χ4v) is 3.47. The van der Waals surface area contributed by atoms with E-state index in [1.54, 1.807) is 50.4 Å². The number of rotatable bonds is 8. The Morgan fingerprint density at radius 2 is 1.09 bits per heavy atom. The van der Waals surface area contributed by atoms with Gasteiger partial charge in [0.05, 0.1) is 7.11 Å². The Bertz CT molecular complexity index is 1090. The highest BCUT2D eigenvalue weighted by atomic mass is 16.5. The third-order valence-corrected chi connectivity index (χ3v) is 6.36. The van der Waals surface area contributed by atoms with Gasteiger partial charge in [-0.05, 0) is 74.9 Å². The van der Waals surface area contributed by atoms with Crippen molar-refractivity contribution in [2.75, 3.05) is 7.11 Å². The first-order valence-corrected chi connectivity index (χ1v) is 10.6. The molecule has 3 aromatic rings. The minimum absolute atomic E-state index is 0.0501. The summed E-state index contributed by atoms with van der Waals surface area (Å²) in [4.78, 5) is 24.3. The van der Waals surface area contributed by atoms with Crippen LogP contribution < -0.4 is 9.47 Å². The Labute approximate surface area is 190 Å². The van der Waals surface area contributed by atoms with E-state index < -0.39 is 5.60 Å². The van der Waals surface area contributed by atoms with E-state index in [-0.39, 0.29) is 17.0 Å². The van der Waals surface area contributed by atoms with E-state index in [1.807, 2.05) is 50.2 Å². The lowest BCUT2D eigenvalue weighted by atomic mass is 9.71. The van der Waals surface area contributed by atoms with Gasteiger partial charge in [0.15, 0.2) is 11.6 Å². The largest absolute Gasteiger partial charge is 0.497 e. The fraction of sp³-hybridized carbons (Fsp3) is 0.286. The molecule has 0 radical (unpaired) electrons. The van der Waals surface area contributed by atoms with E-state index in [0.717, 1.165) is 5.56 Å². The number of carbonyl (C=O) groups excluding carboxylic acids is 2. The van der Waals surface area contributed by atoms with Crippen LogP contribution >= 0.6 is 0 Å². The molecule has 0 unspecified atom stereocenters. The predicted octanol–water partition coefficient (Wildman–Crippen LogP) is 6.26. The van der Waals surface area contributed by atoms with Gasteiger partial charge in [0, 0.05) is 22.1 Å². The van der Waals surface area contributed by atoms with Gasteiger partial charge >= 0.3 is 0 Å². The van der Waals surface area contributed by atoms with Crippen LogP contribution in [-0.2, 0) is 5.41 Å². The maximum absolute atomic E-state index is 12.8. The fourth-order valence-electron chi connectivity index (χ4n) is 3.47. The molecule has 0 saturated heterocycles. The van der Waals surface area contributed by atoms with Crippen molar-refractivity contribution in [3.05, 3.63) is 95.1 Å². The molecular formula is C28H30O4. The van der Waals surface area contributed by atoms with Crippen molar-refractivity contribution in [3.63, 3.8) is 0 Å². The summed E-state index contributed by atoms with van der Waals surface area (Å²) >= 11 is 0. The molecule has 3 aromatic carbocycles. The molecule has 0 saturated carbocycles. The van der Waals surface area contributed by atoms with Gasteiger partial charge in [0.2, 0.25) is 0 Å². The molecule has 0 atom stereocenters. The highest BCUT2D eigenvalue weighted by Crippen LogP contribution is 2.38. The zero-order valence-corrected chi connectivity index (χ0v) is 19.6. The van der Waals surface area contributed by atoms with Crippen LogP contribution in [-0.4, -0.2) is 24.3 Å². The summed E-state index contributed by atoms with van der Waals surface area (Å²) in [7, 11) is 1.60. The van der Waals surface area contributed by atoms with Gasteiger partial charge in [-0.25, -0.2) is 0 Å². The molecule has 3 rings (SSSR count). The number of hydrogen-bond donors (Lipinski definition) is 0. The predicted molar refractivity (Wildman–Crippen MR) is 127 cm³/mol. The van der Waals surface area contributed by atoms with E-state index in [1.165, 1.54) is 0 Å². The van der Waals surface area contributed by atoms with E-state index in [9.17, 15) is 9.59 Å². The second-order valence-corrected chi connectivity index (χ2v) is 8.95. The summed E-state index contributed by atoms with van der Waals surface area (Å²) in [5.74, 6) is 1.40. The van der Waals surface area contributed by atoms with Gasteiger partial charge in [0.1, 0.15) is 17.1 Å². The Morgan fingerprint density at radius 1 is 0.656 bits per heavy atom. The molecule has 0 heterocycles. The van der Waals surface area contributed by atoms with Crippen molar-refractivity contribution in [2.45, 2.75) is 45.6 Å². The lowest BCUT2D eigenvalue weighted by Gasteiger charge is -2.42. The van der Waals surface area contributed by atoms with Gasteiger partial charge in [0.25, 0.3) is 0 Å². The number of ether oxygens (including phenoxy) is 2. The summed E-state index contributed by atoms with van der Waals surface area (Å²) in [6, 6.07) is 22.0. The highest BCUT2D eigenvalue weighted by Gasteiger charge is 2.40. The van der Waals surface area contributed by atoms with Crippen LogP contribution in [0.1, 0.15) is 66.5 Å². The molecule has 0 aromatic heterocycles. The van der Waals surface area contributed by atoms with Crippen molar-refractivity contribution in [3.8, 4) is 11.5 Å². The van der Waals surface area contributed by atoms with Crippen LogP contribution in [0.15, 0.2) is 72.8 Å². The number of methoxy groups -OCH3 is 1. The van der Waals surface area contributed by atoms with Crippen molar-refractivity contribution in [1.29, 1.82) is 0 Å². The Balaban J connectivity index is 1.76. The van der Waals surface area contributed by atoms with Crippen LogP contribution in [0.4, 0.5) is 0 Å². The van der Waals surface area contributed by atoms with Gasteiger partial charge in [-0.2, -0.15) is 0 Å². The summed E-state index contributed by atoms with van der Waals surface area (Å²) in [6.07, 6.45) is 0. The lowest BCUT2D eigenvalue weighted by Crippen LogP contribution is -2.47. The van der Waals surface area contributed by atoms with Crippen LogP contribution in [0.25, 0.3) is 0 Å². The zero-order valence-electron chi connectivity index (χ0n) is 19.6. The Kier molecular flexibility index (Phi) is 6.54. The van der Waals surface area contributed by atoms with Crippen LogP contribution in [0, 0.1) is 0 Å². The smallest absolute Gasteiger partial charge is 0.193 e. The van der Waals surface area contributed by atoms with Gasteiger partial charge in [-0.1, -0.05) is 38.1 Å². The first-order chi connectivity index (χ1) is 15.0. The number of hydrogen-bond acceptors (Lipinski definition) is 4. The molecular weight excluding hydrogens is 400 g/mol. The third kappa shape index (κ3) is 4.75. The first kappa shape index (κ1) is 23.3. The monoisotopic (exact) mass is 430 g/mol. The molecule has 0 aliphatic rings. The number of Topliss-reactive ketones (excluding diaryl/α,β-unsaturated/α-hetero) is 1. The van der Waals surface area contributed by atoms with Gasteiger partial charge < -0.3 is 9.47 Å². The van der Waals surface area contributed by atoms with Crippen molar-refractivity contribution >= 4 is 11.6 Å². The average Bonchev–Trinajstić information content (AvgIpc) is 2.79. The molecule has 4 nitrogen and oxygen atoms in total.